The number of aromatic nitrogens is 5. The molecule has 0 saturated heterocycles. The molecule has 0 aromatic carbocycles. The molecule has 3 rings (SSSR count). The van der Waals surface area contributed by atoms with Crippen molar-refractivity contribution in [2.45, 2.75) is 26.9 Å². The van der Waals surface area contributed by atoms with E-state index in [0.717, 1.165) is 5.56 Å². The second-order valence-electron chi connectivity index (χ2n) is 5.64. The maximum absolute atomic E-state index is 8.63. The molecule has 0 atom stereocenters. The highest BCUT2D eigenvalue weighted by Gasteiger charge is 2.18. The molecular weight excluding hydrogens is 370 g/mol. The highest BCUT2D eigenvalue weighted by atomic mass is 35.5. The van der Waals surface area contributed by atoms with Crippen molar-refractivity contribution in [2.75, 3.05) is 18.5 Å². The van der Waals surface area contributed by atoms with E-state index in [4.69, 9.17) is 21.9 Å². The van der Waals surface area contributed by atoms with Crippen molar-refractivity contribution in [1.29, 1.82) is 0 Å². The Hall–Kier alpha value is -2.94. The molecule has 0 amide bonds. The third kappa shape index (κ3) is 4.43. The van der Waals surface area contributed by atoms with Crippen LogP contribution in [0.3, 0.4) is 0 Å². The van der Waals surface area contributed by atoms with E-state index in [0.29, 0.717) is 48.1 Å². The number of ether oxygens (including phenoxy) is 1. The average molecular weight is 388 g/mol. The van der Waals surface area contributed by atoms with Crippen molar-refractivity contribution in [3.63, 3.8) is 0 Å². The Morgan fingerprint density at radius 2 is 2.26 bits per heavy atom. The number of aryl methyl sites for hydroxylation is 1. The van der Waals surface area contributed by atoms with Gasteiger partial charge in [-0.3, -0.25) is 4.68 Å². The second kappa shape index (κ2) is 8.63. The zero-order valence-electron chi connectivity index (χ0n) is 14.9. The van der Waals surface area contributed by atoms with Crippen molar-refractivity contribution < 1.29 is 4.74 Å². The zero-order valence-corrected chi connectivity index (χ0v) is 15.7. The van der Waals surface area contributed by atoms with E-state index in [9.17, 15) is 0 Å². The summed E-state index contributed by atoms with van der Waals surface area (Å²) < 4.78 is 7.16. The molecule has 1 N–H and O–H groups in total. The van der Waals surface area contributed by atoms with Crippen LogP contribution < -0.4 is 5.32 Å². The Morgan fingerprint density at radius 3 is 3.00 bits per heavy atom. The monoisotopic (exact) mass is 387 g/mol. The Kier molecular flexibility index (Phi) is 6.02. The summed E-state index contributed by atoms with van der Waals surface area (Å²) >= 11 is 6.12. The Labute approximate surface area is 160 Å². The van der Waals surface area contributed by atoms with Gasteiger partial charge in [-0.15, -0.1) is 0 Å². The summed E-state index contributed by atoms with van der Waals surface area (Å²) in [6.45, 7) is 5.52. The number of nitrogens with one attached hydrogen (secondary N) is 1. The molecule has 3 aromatic heterocycles. The lowest BCUT2D eigenvalue weighted by Crippen LogP contribution is -2.09. The molecule has 0 fully saturated rings. The number of hydrogen-bond acceptors (Lipinski definition) is 7. The number of rotatable bonds is 8. The van der Waals surface area contributed by atoms with E-state index in [2.05, 4.69) is 35.4 Å². The lowest BCUT2D eigenvalue weighted by atomic mass is 10.3. The topological polar surface area (TPSA) is 127 Å². The maximum atomic E-state index is 8.63. The number of pyridine rings is 1. The number of fused-ring (bicyclic) bond motifs is 1. The van der Waals surface area contributed by atoms with Crippen LogP contribution in [0.15, 0.2) is 23.4 Å². The molecule has 10 nitrogen and oxygen atoms in total. The van der Waals surface area contributed by atoms with Crippen molar-refractivity contribution in [3.05, 3.63) is 45.3 Å². The molecule has 11 heteroatoms. The van der Waals surface area contributed by atoms with Gasteiger partial charge in [0.05, 0.1) is 25.4 Å². The third-order valence-electron chi connectivity index (χ3n) is 3.73. The standard InChI is InChI=1S/C16H18ClN9O/c1-3-27-7-6-26-14-13(11(24-26)9-20-25-18)22-16(17)23-15(14)21-12-8-10(2)4-5-19-12/h4-5,8H,3,6-7,9H2,1-2H3,(H,19,21,22,23). The molecule has 3 heterocycles. The van der Waals surface area contributed by atoms with Crippen LogP contribution in [0.25, 0.3) is 21.5 Å². The minimum absolute atomic E-state index is 0.0594. The summed E-state index contributed by atoms with van der Waals surface area (Å²) in [7, 11) is 0. The van der Waals surface area contributed by atoms with Gasteiger partial charge >= 0.3 is 0 Å². The summed E-state index contributed by atoms with van der Waals surface area (Å²) in [5.41, 5.74) is 11.4. The fraction of sp³-hybridized carbons (Fsp3) is 0.375. The highest BCUT2D eigenvalue weighted by Crippen LogP contribution is 2.27. The number of hydrogen-bond donors (Lipinski definition) is 1. The maximum Gasteiger partial charge on any atom is 0.225 e. The first-order valence-corrected chi connectivity index (χ1v) is 8.71. The molecule has 0 aliphatic rings. The quantitative estimate of drug-likeness (QED) is 0.206. The van der Waals surface area contributed by atoms with Gasteiger partial charge in [0.1, 0.15) is 16.9 Å². The Morgan fingerprint density at radius 1 is 1.41 bits per heavy atom. The van der Waals surface area contributed by atoms with E-state index in [1.807, 2.05) is 26.0 Å². The van der Waals surface area contributed by atoms with Crippen LogP contribution in [-0.2, 0) is 17.8 Å². The van der Waals surface area contributed by atoms with Gasteiger partial charge in [0.15, 0.2) is 5.82 Å². The molecule has 0 bridgehead atoms. The molecule has 0 aliphatic heterocycles. The minimum atomic E-state index is 0.0594. The van der Waals surface area contributed by atoms with Crippen molar-refractivity contribution in [1.82, 2.24) is 24.7 Å². The largest absolute Gasteiger partial charge is 0.380 e. The first-order valence-electron chi connectivity index (χ1n) is 8.33. The number of anilines is 2. The second-order valence-corrected chi connectivity index (χ2v) is 5.98. The van der Waals surface area contributed by atoms with Crippen LogP contribution in [0.2, 0.25) is 5.28 Å². The molecule has 0 unspecified atom stereocenters. The fourth-order valence-corrected chi connectivity index (χ4v) is 2.76. The lowest BCUT2D eigenvalue weighted by molar-refractivity contribution is 0.137. The lowest BCUT2D eigenvalue weighted by Gasteiger charge is -2.10. The molecular formula is C16H18ClN9O. The van der Waals surface area contributed by atoms with Crippen LogP contribution in [0.4, 0.5) is 11.6 Å². The van der Waals surface area contributed by atoms with E-state index in [-0.39, 0.29) is 11.8 Å². The summed E-state index contributed by atoms with van der Waals surface area (Å²) in [5.74, 6) is 1.10. The van der Waals surface area contributed by atoms with Gasteiger partial charge in [-0.1, -0.05) is 5.11 Å². The molecule has 3 aromatic rings. The number of azide groups is 1. The zero-order chi connectivity index (χ0) is 19.2. The van der Waals surface area contributed by atoms with Crippen LogP contribution in [0, 0.1) is 6.92 Å². The van der Waals surface area contributed by atoms with Gasteiger partial charge in [-0.05, 0) is 48.7 Å². The van der Waals surface area contributed by atoms with Crippen molar-refractivity contribution in [3.8, 4) is 0 Å². The SMILES string of the molecule is CCOCCn1nc(CN=[N+]=[N-])c2nc(Cl)nc(Nc3cc(C)ccn3)c21. The Bertz CT molecular complexity index is 997. The first-order chi connectivity index (χ1) is 13.1. The van der Waals surface area contributed by atoms with Gasteiger partial charge in [-0.25, -0.2) is 9.97 Å². The minimum Gasteiger partial charge on any atom is -0.380 e. The van der Waals surface area contributed by atoms with Crippen molar-refractivity contribution in [2.24, 2.45) is 5.11 Å². The van der Waals surface area contributed by atoms with E-state index < -0.39 is 0 Å². The predicted octanol–water partition coefficient (Wildman–Crippen LogP) is 3.77. The van der Waals surface area contributed by atoms with Gasteiger partial charge < -0.3 is 10.1 Å². The van der Waals surface area contributed by atoms with E-state index in [1.54, 1.807) is 10.9 Å². The summed E-state index contributed by atoms with van der Waals surface area (Å²) in [4.78, 5) is 15.7. The molecule has 0 radical (unpaired) electrons. The van der Waals surface area contributed by atoms with Gasteiger partial charge in [0.25, 0.3) is 0 Å². The van der Waals surface area contributed by atoms with Gasteiger partial charge in [-0.2, -0.15) is 10.1 Å². The average Bonchev–Trinajstić information content (AvgIpc) is 2.98. The van der Waals surface area contributed by atoms with Gasteiger partial charge in [0, 0.05) is 17.7 Å². The summed E-state index contributed by atoms with van der Waals surface area (Å²) in [6.07, 6.45) is 1.71. The fourth-order valence-electron chi connectivity index (χ4n) is 2.59. The van der Waals surface area contributed by atoms with E-state index in [1.165, 1.54) is 0 Å². The molecule has 0 aliphatic carbocycles. The predicted molar refractivity (Wildman–Crippen MR) is 102 cm³/mol. The smallest absolute Gasteiger partial charge is 0.225 e. The van der Waals surface area contributed by atoms with Crippen LogP contribution in [0.1, 0.15) is 18.2 Å². The molecule has 140 valence electrons. The Balaban J connectivity index is 2.10. The summed E-state index contributed by atoms with van der Waals surface area (Å²) in [5, 5.41) is 11.3. The van der Waals surface area contributed by atoms with Crippen LogP contribution in [-0.4, -0.2) is 37.9 Å². The summed E-state index contributed by atoms with van der Waals surface area (Å²) in [6, 6.07) is 3.79. The normalized spacial score (nSPS) is 10.8. The number of halogens is 1. The first kappa shape index (κ1) is 18.8. The van der Waals surface area contributed by atoms with Gasteiger partial charge in [0.2, 0.25) is 5.28 Å². The molecule has 0 spiro atoms. The molecule has 0 saturated carbocycles. The molecule has 27 heavy (non-hydrogen) atoms. The van der Waals surface area contributed by atoms with Crippen LogP contribution >= 0.6 is 11.6 Å². The van der Waals surface area contributed by atoms with Crippen LogP contribution in [0.5, 0.6) is 0 Å². The van der Waals surface area contributed by atoms with E-state index >= 15 is 0 Å². The van der Waals surface area contributed by atoms with Crippen molar-refractivity contribution >= 4 is 34.3 Å². The number of nitrogens with zero attached hydrogens (tertiary/aromatic N) is 8. The highest BCUT2D eigenvalue weighted by molar-refractivity contribution is 6.28. The third-order valence-corrected chi connectivity index (χ3v) is 3.90.